The molecule has 1 rings (SSSR count). The van der Waals surface area contributed by atoms with Gasteiger partial charge in [0, 0.05) is 12.5 Å². The van der Waals surface area contributed by atoms with Crippen molar-refractivity contribution in [3.05, 3.63) is 0 Å². The molecular weight excluding hydrogens is 101 g/mol. The van der Waals surface area contributed by atoms with Gasteiger partial charge in [-0.1, -0.05) is 6.32 Å². The summed E-state index contributed by atoms with van der Waals surface area (Å²) in [7, 11) is 5.26. The molecule has 3 heteroatoms. The molecule has 0 spiro atoms. The Morgan fingerprint density at radius 3 is 2.88 bits per heavy atom. The summed E-state index contributed by atoms with van der Waals surface area (Å²) in [6.45, 7) is 0.806. The van der Waals surface area contributed by atoms with Gasteiger partial charge in [-0.25, -0.2) is 0 Å². The van der Waals surface area contributed by atoms with Crippen LogP contribution < -0.4 is 5.32 Å². The van der Waals surface area contributed by atoms with Crippen molar-refractivity contribution in [1.82, 2.24) is 5.32 Å². The van der Waals surface area contributed by atoms with Crippen molar-refractivity contribution < 1.29 is 4.79 Å². The first-order valence-corrected chi connectivity index (χ1v) is 2.82. The van der Waals surface area contributed by atoms with Gasteiger partial charge in [0.2, 0.25) is 5.91 Å². The monoisotopic (exact) mass is 109 g/mol. The predicted octanol–water partition coefficient (Wildman–Crippen LogP) is -0.291. The zero-order valence-electron chi connectivity index (χ0n) is 4.68. The average molecular weight is 109 g/mol. The number of rotatable bonds is 1. The number of hydrogen-bond acceptors (Lipinski definition) is 1. The van der Waals surface area contributed by atoms with Crippen molar-refractivity contribution in [3.8, 4) is 0 Å². The van der Waals surface area contributed by atoms with Crippen molar-refractivity contribution in [2.45, 2.75) is 12.7 Å². The number of nitrogens with one attached hydrogen (secondary N) is 1. The summed E-state index contributed by atoms with van der Waals surface area (Å²) >= 11 is 0. The predicted molar refractivity (Wildman–Crippen MR) is 31.7 cm³/mol. The van der Waals surface area contributed by atoms with Crippen LogP contribution in [-0.4, -0.2) is 20.3 Å². The van der Waals surface area contributed by atoms with Crippen molar-refractivity contribution in [3.63, 3.8) is 0 Å². The first-order chi connectivity index (χ1) is 3.84. The Morgan fingerprint density at radius 1 is 1.88 bits per heavy atom. The molecule has 1 heterocycles. The molecule has 2 radical (unpaired) electrons. The molecule has 0 aromatic rings. The third kappa shape index (κ3) is 0.856. The molecule has 0 aromatic heterocycles. The highest BCUT2D eigenvalue weighted by Gasteiger charge is 2.20. The minimum atomic E-state index is 0.0926. The maximum Gasteiger partial charge on any atom is 0.222 e. The SMILES string of the molecule is [B]CC1CCNC1=O. The van der Waals surface area contributed by atoms with Crippen LogP contribution in [0.5, 0.6) is 0 Å². The first-order valence-electron chi connectivity index (χ1n) is 2.82. The van der Waals surface area contributed by atoms with Gasteiger partial charge >= 0.3 is 0 Å². The summed E-state index contributed by atoms with van der Waals surface area (Å²) in [6.07, 6.45) is 1.40. The smallest absolute Gasteiger partial charge is 0.222 e. The van der Waals surface area contributed by atoms with E-state index in [1.165, 1.54) is 0 Å². The lowest BCUT2D eigenvalue weighted by Crippen LogP contribution is -2.18. The van der Waals surface area contributed by atoms with Crippen LogP contribution in [0.2, 0.25) is 6.32 Å². The molecule has 1 amide bonds. The fourth-order valence-corrected chi connectivity index (χ4v) is 0.870. The molecular formula is C5H8BNO. The van der Waals surface area contributed by atoms with Crippen LogP contribution >= 0.6 is 0 Å². The normalized spacial score (nSPS) is 28.0. The Balaban J connectivity index is 2.42. The second kappa shape index (κ2) is 2.20. The van der Waals surface area contributed by atoms with Crippen molar-refractivity contribution >= 4 is 13.8 Å². The number of carbonyl (C=O) groups excluding carboxylic acids is 1. The number of carbonyl (C=O) groups is 1. The highest BCUT2D eigenvalue weighted by Crippen LogP contribution is 2.11. The maximum absolute atomic E-state index is 10.6. The van der Waals surface area contributed by atoms with Gasteiger partial charge in [-0.2, -0.15) is 0 Å². The lowest BCUT2D eigenvalue weighted by atomic mass is 9.90. The molecule has 1 unspecified atom stereocenters. The van der Waals surface area contributed by atoms with E-state index in [0.29, 0.717) is 6.32 Å². The van der Waals surface area contributed by atoms with Crippen LogP contribution in [0.25, 0.3) is 0 Å². The highest BCUT2D eigenvalue weighted by atomic mass is 16.2. The Hall–Kier alpha value is -0.465. The van der Waals surface area contributed by atoms with Crippen molar-refractivity contribution in [2.75, 3.05) is 6.54 Å². The Morgan fingerprint density at radius 2 is 2.62 bits per heavy atom. The lowest BCUT2D eigenvalue weighted by Gasteiger charge is -1.97. The summed E-state index contributed by atoms with van der Waals surface area (Å²) < 4.78 is 0. The highest BCUT2D eigenvalue weighted by molar-refractivity contribution is 6.10. The third-order valence-electron chi connectivity index (χ3n) is 1.45. The molecule has 0 saturated carbocycles. The second-order valence-corrected chi connectivity index (χ2v) is 2.01. The van der Waals surface area contributed by atoms with Gasteiger partial charge in [-0.3, -0.25) is 4.79 Å². The molecule has 0 bridgehead atoms. The number of hydrogen-bond donors (Lipinski definition) is 1. The van der Waals surface area contributed by atoms with E-state index in [2.05, 4.69) is 5.32 Å². The molecule has 0 aliphatic carbocycles. The second-order valence-electron chi connectivity index (χ2n) is 2.01. The molecule has 1 aliphatic rings. The van der Waals surface area contributed by atoms with Gasteiger partial charge in [0.05, 0.1) is 7.85 Å². The van der Waals surface area contributed by atoms with Crippen LogP contribution in [0.15, 0.2) is 0 Å². The summed E-state index contributed by atoms with van der Waals surface area (Å²) in [5.74, 6) is 0.211. The van der Waals surface area contributed by atoms with Crippen molar-refractivity contribution in [2.24, 2.45) is 5.92 Å². The Kier molecular flexibility index (Phi) is 1.56. The maximum atomic E-state index is 10.6. The fraction of sp³-hybridized carbons (Fsp3) is 0.800. The quantitative estimate of drug-likeness (QED) is 0.460. The zero-order chi connectivity index (χ0) is 5.98. The Labute approximate surface area is 50.1 Å². The molecule has 2 nitrogen and oxygen atoms in total. The van der Waals surface area contributed by atoms with Gasteiger partial charge in [0.15, 0.2) is 0 Å². The van der Waals surface area contributed by atoms with Crippen LogP contribution in [-0.2, 0) is 4.79 Å². The van der Waals surface area contributed by atoms with E-state index in [1.807, 2.05) is 0 Å². The van der Waals surface area contributed by atoms with Gasteiger partial charge in [0.25, 0.3) is 0 Å². The van der Waals surface area contributed by atoms with E-state index in [1.54, 1.807) is 0 Å². The Bertz CT molecular complexity index is 105. The number of amides is 1. The molecule has 1 aliphatic heterocycles. The molecule has 42 valence electrons. The summed E-state index contributed by atoms with van der Waals surface area (Å²) in [6, 6.07) is 0. The molecule has 1 fully saturated rings. The van der Waals surface area contributed by atoms with E-state index >= 15 is 0 Å². The van der Waals surface area contributed by atoms with Crippen LogP contribution in [0.4, 0.5) is 0 Å². The minimum absolute atomic E-state index is 0.0926. The summed E-state index contributed by atoms with van der Waals surface area (Å²) in [5.41, 5.74) is 0. The van der Waals surface area contributed by atoms with E-state index in [-0.39, 0.29) is 11.8 Å². The topological polar surface area (TPSA) is 29.1 Å². The summed E-state index contributed by atoms with van der Waals surface area (Å²) in [5, 5.41) is 2.70. The largest absolute Gasteiger partial charge is 0.356 e. The molecule has 1 N–H and O–H groups in total. The molecule has 1 saturated heterocycles. The van der Waals surface area contributed by atoms with E-state index < -0.39 is 0 Å². The molecule has 8 heavy (non-hydrogen) atoms. The van der Waals surface area contributed by atoms with Crippen LogP contribution in [0.3, 0.4) is 0 Å². The van der Waals surface area contributed by atoms with E-state index in [9.17, 15) is 4.79 Å². The fourth-order valence-electron chi connectivity index (χ4n) is 0.870. The van der Waals surface area contributed by atoms with Gasteiger partial charge in [-0.15, -0.1) is 0 Å². The van der Waals surface area contributed by atoms with E-state index in [0.717, 1.165) is 13.0 Å². The average Bonchev–Trinajstić information content (AvgIpc) is 2.14. The zero-order valence-corrected chi connectivity index (χ0v) is 4.68. The van der Waals surface area contributed by atoms with Gasteiger partial charge in [-0.05, 0) is 6.42 Å². The van der Waals surface area contributed by atoms with Crippen molar-refractivity contribution in [1.29, 1.82) is 0 Å². The van der Waals surface area contributed by atoms with Gasteiger partial charge in [0.1, 0.15) is 0 Å². The lowest BCUT2D eigenvalue weighted by molar-refractivity contribution is -0.121. The minimum Gasteiger partial charge on any atom is -0.356 e. The summed E-state index contributed by atoms with van der Waals surface area (Å²) in [4.78, 5) is 10.6. The molecule has 1 atom stereocenters. The van der Waals surface area contributed by atoms with E-state index in [4.69, 9.17) is 7.85 Å². The molecule has 0 aromatic carbocycles. The van der Waals surface area contributed by atoms with Crippen LogP contribution in [0.1, 0.15) is 6.42 Å². The van der Waals surface area contributed by atoms with Gasteiger partial charge < -0.3 is 5.32 Å². The van der Waals surface area contributed by atoms with Crippen LogP contribution in [0, 0.1) is 5.92 Å². The standard InChI is InChI=1S/C5H8BNO/c6-3-4-1-2-7-5(4)8/h4H,1-3H2,(H,7,8). The first kappa shape index (κ1) is 5.67. The third-order valence-corrected chi connectivity index (χ3v) is 1.45.